The first kappa shape index (κ1) is 21.4. The summed E-state index contributed by atoms with van der Waals surface area (Å²) in [4.78, 5) is 2.46. The van der Waals surface area contributed by atoms with Crippen molar-refractivity contribution in [1.29, 1.82) is 0 Å². The van der Waals surface area contributed by atoms with Crippen LogP contribution in [-0.2, 0) is 16.4 Å². The highest BCUT2D eigenvalue weighted by atomic mass is 32.2. The van der Waals surface area contributed by atoms with E-state index in [1.807, 2.05) is 6.07 Å². The summed E-state index contributed by atoms with van der Waals surface area (Å²) in [6, 6.07) is 16.3. The van der Waals surface area contributed by atoms with E-state index in [1.165, 1.54) is 28.9 Å². The molecule has 156 valence electrons. The maximum Gasteiger partial charge on any atom is 0.231 e. The van der Waals surface area contributed by atoms with Gasteiger partial charge in [0.1, 0.15) is 0 Å². The molecule has 2 aromatic rings. The second-order valence-electron chi connectivity index (χ2n) is 7.39. The third kappa shape index (κ3) is 5.39. The van der Waals surface area contributed by atoms with Crippen LogP contribution in [0.25, 0.3) is 0 Å². The van der Waals surface area contributed by atoms with Gasteiger partial charge in [0.15, 0.2) is 5.11 Å². The SMILES string of the molecule is CC1Cc2ccccc2N1CCCNC(=S)Nc1cccc(N(C)S(C)(=O)=O)c1. The van der Waals surface area contributed by atoms with Crippen molar-refractivity contribution in [2.24, 2.45) is 0 Å². The second kappa shape index (κ2) is 9.00. The highest BCUT2D eigenvalue weighted by Crippen LogP contribution is 2.31. The van der Waals surface area contributed by atoms with E-state index in [9.17, 15) is 8.42 Å². The Labute approximate surface area is 179 Å². The topological polar surface area (TPSA) is 64.7 Å². The zero-order valence-corrected chi connectivity index (χ0v) is 18.7. The molecule has 2 aromatic carbocycles. The summed E-state index contributed by atoms with van der Waals surface area (Å²) < 4.78 is 24.7. The van der Waals surface area contributed by atoms with Crippen molar-refractivity contribution in [2.45, 2.75) is 25.8 Å². The lowest BCUT2D eigenvalue weighted by Gasteiger charge is -2.25. The van der Waals surface area contributed by atoms with Gasteiger partial charge in [0.25, 0.3) is 0 Å². The number of para-hydroxylation sites is 1. The maximum atomic E-state index is 11.7. The third-order valence-electron chi connectivity index (χ3n) is 5.17. The first-order valence-electron chi connectivity index (χ1n) is 9.69. The van der Waals surface area contributed by atoms with Gasteiger partial charge in [-0.2, -0.15) is 0 Å². The molecule has 0 fully saturated rings. The minimum atomic E-state index is -3.30. The molecule has 0 saturated carbocycles. The average Bonchev–Trinajstić information content (AvgIpc) is 2.99. The Hall–Kier alpha value is -2.32. The van der Waals surface area contributed by atoms with Crippen LogP contribution in [0.15, 0.2) is 48.5 Å². The van der Waals surface area contributed by atoms with E-state index < -0.39 is 10.0 Å². The predicted molar refractivity (Wildman–Crippen MR) is 125 cm³/mol. The maximum absolute atomic E-state index is 11.7. The van der Waals surface area contributed by atoms with Crippen LogP contribution in [0.5, 0.6) is 0 Å². The van der Waals surface area contributed by atoms with Crippen LogP contribution >= 0.6 is 12.2 Å². The van der Waals surface area contributed by atoms with Crippen LogP contribution in [0, 0.1) is 0 Å². The summed E-state index contributed by atoms with van der Waals surface area (Å²) in [6.45, 7) is 4.00. The Bertz CT molecular complexity index is 978. The van der Waals surface area contributed by atoms with E-state index in [2.05, 4.69) is 46.7 Å². The average molecular weight is 433 g/mol. The molecule has 3 rings (SSSR count). The van der Waals surface area contributed by atoms with Crippen LogP contribution in [0.4, 0.5) is 17.1 Å². The predicted octanol–water partition coefficient (Wildman–Crippen LogP) is 3.21. The number of anilines is 3. The standard InChI is InChI=1S/C21H28N4O2S2/c1-16-14-17-8-4-5-11-20(17)25(16)13-7-12-22-21(28)23-18-9-6-10-19(15-18)24(2)29(3,26)27/h4-6,8-11,15-16H,7,12-14H2,1-3H3,(H2,22,23,28). The van der Waals surface area contributed by atoms with Crippen LogP contribution in [0.1, 0.15) is 18.9 Å². The Morgan fingerprint density at radius 3 is 2.76 bits per heavy atom. The van der Waals surface area contributed by atoms with Crippen molar-refractivity contribution in [3.05, 3.63) is 54.1 Å². The zero-order chi connectivity index (χ0) is 21.0. The summed E-state index contributed by atoms with van der Waals surface area (Å²) in [5, 5.41) is 6.89. The van der Waals surface area contributed by atoms with Crippen molar-refractivity contribution in [3.63, 3.8) is 0 Å². The Balaban J connectivity index is 1.48. The normalized spacial score (nSPS) is 15.7. The van der Waals surface area contributed by atoms with Gasteiger partial charge in [-0.3, -0.25) is 4.31 Å². The Morgan fingerprint density at radius 1 is 1.24 bits per heavy atom. The van der Waals surface area contributed by atoms with E-state index in [4.69, 9.17) is 12.2 Å². The third-order valence-corrected chi connectivity index (χ3v) is 6.63. The number of thiocarbonyl (C=S) groups is 1. The zero-order valence-electron chi connectivity index (χ0n) is 17.1. The molecular formula is C21H28N4O2S2. The van der Waals surface area contributed by atoms with Gasteiger partial charge in [0.05, 0.1) is 11.9 Å². The largest absolute Gasteiger partial charge is 0.368 e. The molecule has 0 spiro atoms. The van der Waals surface area contributed by atoms with Gasteiger partial charge in [-0.15, -0.1) is 0 Å². The molecule has 0 aromatic heterocycles. The van der Waals surface area contributed by atoms with E-state index in [0.717, 1.165) is 31.6 Å². The monoisotopic (exact) mass is 432 g/mol. The van der Waals surface area contributed by atoms with E-state index in [1.54, 1.807) is 18.2 Å². The van der Waals surface area contributed by atoms with Crippen LogP contribution in [0.2, 0.25) is 0 Å². The fourth-order valence-corrected chi connectivity index (χ4v) is 4.28. The van der Waals surface area contributed by atoms with E-state index >= 15 is 0 Å². The lowest BCUT2D eigenvalue weighted by molar-refractivity contribution is 0.600. The van der Waals surface area contributed by atoms with Gasteiger partial charge in [0, 0.05) is 37.6 Å². The molecule has 0 saturated heterocycles. The number of hydrogen-bond acceptors (Lipinski definition) is 4. The number of nitrogens with zero attached hydrogens (tertiary/aromatic N) is 2. The Kier molecular flexibility index (Phi) is 6.64. The summed E-state index contributed by atoms with van der Waals surface area (Å²) in [5.41, 5.74) is 4.09. The van der Waals surface area contributed by atoms with Crippen molar-refractivity contribution >= 4 is 44.4 Å². The fraction of sp³-hybridized carbons (Fsp3) is 0.381. The quantitative estimate of drug-likeness (QED) is 0.517. The van der Waals surface area contributed by atoms with Crippen molar-refractivity contribution in [3.8, 4) is 0 Å². The van der Waals surface area contributed by atoms with Crippen LogP contribution < -0.4 is 19.8 Å². The molecule has 1 unspecified atom stereocenters. The van der Waals surface area contributed by atoms with Gasteiger partial charge in [0.2, 0.25) is 10.0 Å². The smallest absolute Gasteiger partial charge is 0.231 e. The fourth-order valence-electron chi connectivity index (χ4n) is 3.57. The lowest BCUT2D eigenvalue weighted by Crippen LogP contribution is -2.34. The molecule has 1 aliphatic heterocycles. The molecular weight excluding hydrogens is 404 g/mol. The van der Waals surface area contributed by atoms with Crippen LogP contribution in [0.3, 0.4) is 0 Å². The summed E-state index contributed by atoms with van der Waals surface area (Å²) in [5.74, 6) is 0. The molecule has 6 nitrogen and oxygen atoms in total. The Morgan fingerprint density at radius 2 is 2.00 bits per heavy atom. The molecule has 0 amide bonds. The molecule has 2 N–H and O–H groups in total. The molecule has 1 heterocycles. The summed E-state index contributed by atoms with van der Waals surface area (Å²) in [7, 11) is -1.77. The first-order valence-corrected chi connectivity index (χ1v) is 11.9. The second-order valence-corrected chi connectivity index (χ2v) is 9.81. The molecule has 8 heteroatoms. The molecule has 29 heavy (non-hydrogen) atoms. The van der Waals surface area contributed by atoms with E-state index in [-0.39, 0.29) is 0 Å². The molecule has 0 radical (unpaired) electrons. The number of nitrogens with one attached hydrogen (secondary N) is 2. The molecule has 1 aliphatic rings. The molecule has 0 bridgehead atoms. The van der Waals surface area contributed by atoms with Crippen molar-refractivity contribution in [1.82, 2.24) is 5.32 Å². The summed E-state index contributed by atoms with van der Waals surface area (Å²) in [6.07, 6.45) is 3.25. The number of hydrogen-bond donors (Lipinski definition) is 2. The number of fused-ring (bicyclic) bond motifs is 1. The first-order chi connectivity index (χ1) is 13.8. The van der Waals surface area contributed by atoms with E-state index in [0.29, 0.717) is 16.8 Å². The highest BCUT2D eigenvalue weighted by Gasteiger charge is 2.24. The lowest BCUT2D eigenvalue weighted by atomic mass is 10.1. The molecule has 1 atom stereocenters. The van der Waals surface area contributed by atoms with Crippen molar-refractivity contribution in [2.75, 3.05) is 40.9 Å². The number of rotatable bonds is 7. The van der Waals surface area contributed by atoms with Gasteiger partial charge < -0.3 is 15.5 Å². The van der Waals surface area contributed by atoms with Gasteiger partial charge in [-0.25, -0.2) is 8.42 Å². The number of benzene rings is 2. The minimum absolute atomic E-state index is 0.520. The molecule has 0 aliphatic carbocycles. The van der Waals surface area contributed by atoms with Gasteiger partial charge in [-0.1, -0.05) is 24.3 Å². The van der Waals surface area contributed by atoms with Crippen LogP contribution in [-0.4, -0.2) is 46.0 Å². The summed E-state index contributed by atoms with van der Waals surface area (Å²) >= 11 is 5.39. The minimum Gasteiger partial charge on any atom is -0.368 e. The highest BCUT2D eigenvalue weighted by molar-refractivity contribution is 7.92. The van der Waals surface area contributed by atoms with Crippen molar-refractivity contribution < 1.29 is 8.42 Å². The van der Waals surface area contributed by atoms with Gasteiger partial charge in [-0.05, 0) is 61.8 Å². The van der Waals surface area contributed by atoms with Gasteiger partial charge >= 0.3 is 0 Å². The number of sulfonamides is 1.